The third-order valence-electron chi connectivity index (χ3n) is 4.36. The number of nitrogens with one attached hydrogen (secondary N) is 1. The number of para-hydroxylation sites is 1. The van der Waals surface area contributed by atoms with E-state index >= 15 is 0 Å². The van der Waals surface area contributed by atoms with E-state index in [0.717, 1.165) is 17.7 Å². The zero-order chi connectivity index (χ0) is 18.7. The number of methoxy groups -OCH3 is 1. The van der Waals surface area contributed by atoms with Crippen molar-refractivity contribution in [2.75, 3.05) is 18.6 Å². The molecule has 1 saturated heterocycles. The second-order valence-electron chi connectivity index (χ2n) is 6.03. The van der Waals surface area contributed by atoms with Gasteiger partial charge in [-0.05, 0) is 18.2 Å². The Bertz CT molecular complexity index is 841. The van der Waals surface area contributed by atoms with Crippen molar-refractivity contribution in [3.63, 3.8) is 0 Å². The van der Waals surface area contributed by atoms with Gasteiger partial charge in [0.1, 0.15) is 5.75 Å². The van der Waals surface area contributed by atoms with E-state index in [1.54, 1.807) is 13.2 Å². The Morgan fingerprint density at radius 3 is 2.73 bits per heavy atom. The summed E-state index contributed by atoms with van der Waals surface area (Å²) in [5, 5.41) is 2.80. The minimum absolute atomic E-state index is 0.0246. The van der Waals surface area contributed by atoms with Gasteiger partial charge in [-0.25, -0.2) is 8.78 Å². The fraction of sp³-hybridized carbons (Fsp3) is 0.263. The lowest BCUT2D eigenvalue weighted by atomic mass is 10.1. The highest BCUT2D eigenvalue weighted by molar-refractivity contribution is 6.00. The van der Waals surface area contributed by atoms with E-state index in [1.807, 2.05) is 18.2 Å². The van der Waals surface area contributed by atoms with Gasteiger partial charge in [0.05, 0.1) is 13.0 Å². The maximum Gasteiger partial charge on any atom is 0.227 e. The first kappa shape index (κ1) is 17.8. The van der Waals surface area contributed by atoms with Gasteiger partial charge in [-0.15, -0.1) is 0 Å². The van der Waals surface area contributed by atoms with E-state index in [0.29, 0.717) is 5.75 Å². The molecule has 1 N–H and O–H groups in total. The molecule has 0 saturated carbocycles. The number of carbonyl (C=O) groups is 2. The number of carbonyl (C=O) groups excluding carboxylic acids is 2. The van der Waals surface area contributed by atoms with Gasteiger partial charge in [0, 0.05) is 36.8 Å². The lowest BCUT2D eigenvalue weighted by Gasteiger charge is -2.17. The van der Waals surface area contributed by atoms with Crippen LogP contribution in [-0.2, 0) is 16.1 Å². The molecule has 1 unspecified atom stereocenters. The smallest absolute Gasteiger partial charge is 0.227 e. The summed E-state index contributed by atoms with van der Waals surface area (Å²) >= 11 is 0. The predicted octanol–water partition coefficient (Wildman–Crippen LogP) is 2.64. The summed E-state index contributed by atoms with van der Waals surface area (Å²) < 4.78 is 31.7. The summed E-state index contributed by atoms with van der Waals surface area (Å²) in [6.45, 7) is 0.403. The van der Waals surface area contributed by atoms with Gasteiger partial charge in [-0.1, -0.05) is 18.2 Å². The molecule has 2 amide bonds. The van der Waals surface area contributed by atoms with Crippen molar-refractivity contribution in [3.05, 3.63) is 59.7 Å². The van der Waals surface area contributed by atoms with Crippen LogP contribution in [0.3, 0.4) is 0 Å². The summed E-state index contributed by atoms with van der Waals surface area (Å²) in [6.07, 6.45) is 0.0246. The van der Waals surface area contributed by atoms with E-state index in [4.69, 9.17) is 4.74 Å². The van der Waals surface area contributed by atoms with Gasteiger partial charge in [0.25, 0.3) is 0 Å². The van der Waals surface area contributed by atoms with Crippen molar-refractivity contribution in [2.24, 2.45) is 5.92 Å². The van der Waals surface area contributed by atoms with Gasteiger partial charge >= 0.3 is 0 Å². The molecule has 0 aromatic heterocycles. The second kappa shape index (κ2) is 7.51. The molecule has 5 nitrogen and oxygen atoms in total. The molecule has 1 fully saturated rings. The van der Waals surface area contributed by atoms with Gasteiger partial charge < -0.3 is 15.0 Å². The molecule has 1 aliphatic heterocycles. The number of anilines is 1. The number of halogens is 2. The van der Waals surface area contributed by atoms with E-state index in [1.165, 1.54) is 11.0 Å². The lowest BCUT2D eigenvalue weighted by molar-refractivity contribution is -0.126. The summed E-state index contributed by atoms with van der Waals surface area (Å²) in [4.78, 5) is 25.9. The number of rotatable bonds is 5. The normalized spacial score (nSPS) is 16.7. The first-order valence-electron chi connectivity index (χ1n) is 8.14. The molecule has 2 aromatic carbocycles. The number of nitrogens with zero attached hydrogens (tertiary/aromatic N) is 1. The monoisotopic (exact) mass is 360 g/mol. The molecular formula is C19H18F2N2O3. The minimum atomic E-state index is -1.03. The summed E-state index contributed by atoms with van der Waals surface area (Å²) in [6, 6.07) is 10.6. The number of ether oxygens (including phenoxy) is 1. The molecule has 1 heterocycles. The zero-order valence-electron chi connectivity index (χ0n) is 14.2. The maximum atomic E-state index is 13.4. The lowest BCUT2D eigenvalue weighted by Crippen LogP contribution is -2.32. The molecule has 26 heavy (non-hydrogen) atoms. The molecule has 1 atom stereocenters. The van der Waals surface area contributed by atoms with Crippen molar-refractivity contribution in [3.8, 4) is 5.75 Å². The largest absolute Gasteiger partial charge is 0.496 e. The van der Waals surface area contributed by atoms with Crippen molar-refractivity contribution < 1.29 is 23.1 Å². The Morgan fingerprint density at radius 2 is 2.00 bits per heavy atom. The molecule has 2 aromatic rings. The van der Waals surface area contributed by atoms with Crippen LogP contribution in [0, 0.1) is 17.6 Å². The van der Waals surface area contributed by atoms with Gasteiger partial charge in [0.15, 0.2) is 11.6 Å². The number of hydrogen-bond acceptors (Lipinski definition) is 3. The van der Waals surface area contributed by atoms with Crippen molar-refractivity contribution >= 4 is 17.5 Å². The first-order valence-corrected chi connectivity index (χ1v) is 8.14. The highest BCUT2D eigenvalue weighted by Crippen LogP contribution is 2.26. The number of benzene rings is 2. The fourth-order valence-electron chi connectivity index (χ4n) is 2.96. The Labute approximate surface area is 149 Å². The van der Waals surface area contributed by atoms with Gasteiger partial charge in [-0.3, -0.25) is 9.59 Å². The molecule has 0 spiro atoms. The molecule has 0 aliphatic carbocycles. The Morgan fingerprint density at radius 1 is 1.23 bits per heavy atom. The van der Waals surface area contributed by atoms with E-state index < -0.39 is 17.6 Å². The summed E-state index contributed by atoms with van der Waals surface area (Å²) in [5.41, 5.74) is 1.07. The van der Waals surface area contributed by atoms with Crippen LogP contribution in [-0.4, -0.2) is 25.5 Å². The third-order valence-corrected chi connectivity index (χ3v) is 4.36. The molecular weight excluding hydrogens is 342 g/mol. The van der Waals surface area contributed by atoms with Crippen LogP contribution < -0.4 is 15.0 Å². The number of hydrogen-bond donors (Lipinski definition) is 1. The highest BCUT2D eigenvalue weighted by Gasteiger charge is 2.35. The quantitative estimate of drug-likeness (QED) is 0.892. The molecule has 0 bridgehead atoms. The Hall–Kier alpha value is -2.96. The highest BCUT2D eigenvalue weighted by atomic mass is 19.2. The maximum absolute atomic E-state index is 13.4. The molecule has 1 aliphatic rings. The fourth-order valence-corrected chi connectivity index (χ4v) is 2.96. The number of amides is 2. The SMILES string of the molecule is COc1ccccc1CNC(=O)C1CC(=O)N(c2ccc(F)c(F)c2)C1. The van der Waals surface area contributed by atoms with Crippen LogP contribution in [0.2, 0.25) is 0 Å². The first-order chi connectivity index (χ1) is 12.5. The summed E-state index contributed by atoms with van der Waals surface area (Å²) in [5.74, 6) is -2.46. The van der Waals surface area contributed by atoms with Crippen LogP contribution in [0.15, 0.2) is 42.5 Å². The minimum Gasteiger partial charge on any atom is -0.496 e. The average Bonchev–Trinajstić information content (AvgIpc) is 3.04. The molecule has 7 heteroatoms. The standard InChI is InChI=1S/C19H18F2N2O3/c1-26-17-5-3-2-4-12(17)10-22-19(25)13-8-18(24)23(11-13)14-6-7-15(20)16(21)9-14/h2-7,9,13H,8,10-11H2,1H3,(H,22,25). The molecule has 0 radical (unpaired) electrons. The molecule has 136 valence electrons. The Kier molecular flexibility index (Phi) is 5.16. The zero-order valence-corrected chi connectivity index (χ0v) is 14.2. The van der Waals surface area contributed by atoms with Crippen molar-refractivity contribution in [1.29, 1.82) is 0 Å². The third kappa shape index (κ3) is 3.66. The Balaban J connectivity index is 1.64. The van der Waals surface area contributed by atoms with Crippen molar-refractivity contribution in [1.82, 2.24) is 5.32 Å². The van der Waals surface area contributed by atoms with Crippen LogP contribution in [0.25, 0.3) is 0 Å². The van der Waals surface area contributed by atoms with Crippen LogP contribution in [0.5, 0.6) is 5.75 Å². The van der Waals surface area contributed by atoms with Crippen LogP contribution in [0.1, 0.15) is 12.0 Å². The topological polar surface area (TPSA) is 58.6 Å². The van der Waals surface area contributed by atoms with Crippen LogP contribution >= 0.6 is 0 Å². The van der Waals surface area contributed by atoms with Gasteiger partial charge in [0.2, 0.25) is 11.8 Å². The predicted molar refractivity (Wildman–Crippen MR) is 91.7 cm³/mol. The average molecular weight is 360 g/mol. The van der Waals surface area contributed by atoms with Gasteiger partial charge in [-0.2, -0.15) is 0 Å². The second-order valence-corrected chi connectivity index (χ2v) is 6.03. The van der Waals surface area contributed by atoms with E-state index in [2.05, 4.69) is 5.32 Å². The van der Waals surface area contributed by atoms with E-state index in [9.17, 15) is 18.4 Å². The van der Waals surface area contributed by atoms with Crippen molar-refractivity contribution in [2.45, 2.75) is 13.0 Å². The van der Waals surface area contributed by atoms with Crippen LogP contribution in [0.4, 0.5) is 14.5 Å². The molecule has 3 rings (SSSR count). The van der Waals surface area contributed by atoms with E-state index in [-0.39, 0.29) is 37.0 Å². The summed E-state index contributed by atoms with van der Waals surface area (Å²) in [7, 11) is 1.55.